The van der Waals surface area contributed by atoms with Gasteiger partial charge in [0.1, 0.15) is 17.5 Å². The number of rotatable bonds is 7. The molecule has 7 nitrogen and oxygen atoms in total. The van der Waals surface area contributed by atoms with Crippen LogP contribution >= 0.6 is 0 Å². The van der Waals surface area contributed by atoms with Crippen molar-refractivity contribution in [3.8, 4) is 0 Å². The van der Waals surface area contributed by atoms with Gasteiger partial charge in [-0.2, -0.15) is 5.10 Å². The molecule has 0 bridgehead atoms. The van der Waals surface area contributed by atoms with E-state index in [-0.39, 0.29) is 12.5 Å². The highest BCUT2D eigenvalue weighted by molar-refractivity contribution is 6.02. The van der Waals surface area contributed by atoms with E-state index in [2.05, 4.69) is 29.2 Å². The molecule has 0 spiro atoms. The smallest absolute Gasteiger partial charge is 0.347 e. The van der Waals surface area contributed by atoms with Crippen LogP contribution < -0.4 is 10.9 Å². The summed E-state index contributed by atoms with van der Waals surface area (Å²) >= 11 is 0. The molecule has 2 heterocycles. The van der Waals surface area contributed by atoms with Crippen LogP contribution in [0.5, 0.6) is 0 Å². The zero-order valence-corrected chi connectivity index (χ0v) is 14.5. The Hall–Kier alpha value is -2.67. The predicted molar refractivity (Wildman–Crippen MR) is 96.6 cm³/mol. The Balaban J connectivity index is 1.80. The number of hydrogen-bond acceptors (Lipinski definition) is 5. The first kappa shape index (κ1) is 17.2. The van der Waals surface area contributed by atoms with Crippen LogP contribution in [0.2, 0.25) is 0 Å². The molecular formula is C18H22N4O3. The molecule has 132 valence electrons. The second-order valence-corrected chi connectivity index (χ2v) is 5.83. The standard InChI is InChI=1S/C18H22N4O3/c1-3-21(4-2)10-9-19-16(23)12-22-17-13-7-5-6-8-15(13)25-18(24)14(17)11-20-22/h5-8,11H,3-4,9-10,12H2,1-2H3,(H,19,23). The van der Waals surface area contributed by atoms with Crippen LogP contribution in [-0.4, -0.2) is 46.8 Å². The molecule has 0 atom stereocenters. The van der Waals surface area contributed by atoms with Crippen molar-refractivity contribution in [1.29, 1.82) is 0 Å². The molecule has 2 aromatic heterocycles. The van der Waals surface area contributed by atoms with E-state index in [0.717, 1.165) is 25.0 Å². The van der Waals surface area contributed by atoms with Gasteiger partial charge in [0.15, 0.2) is 0 Å². The van der Waals surface area contributed by atoms with Crippen LogP contribution in [0, 0.1) is 0 Å². The Bertz CT molecular complexity index is 940. The lowest BCUT2D eigenvalue weighted by molar-refractivity contribution is -0.121. The van der Waals surface area contributed by atoms with Crippen LogP contribution in [0.3, 0.4) is 0 Å². The van der Waals surface area contributed by atoms with Gasteiger partial charge in [-0.3, -0.25) is 9.48 Å². The number of likely N-dealkylation sites (N-methyl/N-ethyl adjacent to an activating group) is 1. The molecule has 0 saturated heterocycles. The molecule has 1 aromatic carbocycles. The number of aromatic nitrogens is 2. The number of amides is 1. The number of benzene rings is 1. The van der Waals surface area contributed by atoms with Gasteiger partial charge in [-0.1, -0.05) is 26.0 Å². The average molecular weight is 342 g/mol. The van der Waals surface area contributed by atoms with Crippen molar-refractivity contribution >= 4 is 27.8 Å². The molecule has 0 radical (unpaired) electrons. The maximum absolute atomic E-state index is 12.2. The Labute approximate surface area is 145 Å². The Kier molecular flexibility index (Phi) is 5.14. The number of nitrogens with one attached hydrogen (secondary N) is 1. The highest BCUT2D eigenvalue weighted by Gasteiger charge is 2.14. The number of carbonyl (C=O) groups is 1. The first-order valence-electron chi connectivity index (χ1n) is 8.50. The number of hydrogen-bond donors (Lipinski definition) is 1. The minimum absolute atomic E-state index is 0.0647. The van der Waals surface area contributed by atoms with Crippen molar-refractivity contribution in [2.24, 2.45) is 0 Å². The Morgan fingerprint density at radius 3 is 2.76 bits per heavy atom. The topological polar surface area (TPSA) is 80.4 Å². The molecule has 3 aromatic rings. The van der Waals surface area contributed by atoms with Gasteiger partial charge < -0.3 is 14.6 Å². The molecule has 0 aliphatic heterocycles. The summed E-state index contributed by atoms with van der Waals surface area (Å²) in [5.74, 6) is -0.130. The van der Waals surface area contributed by atoms with Crippen molar-refractivity contribution in [3.05, 3.63) is 40.9 Å². The van der Waals surface area contributed by atoms with Crippen LogP contribution in [0.15, 0.2) is 39.7 Å². The highest BCUT2D eigenvalue weighted by atomic mass is 16.4. The van der Waals surface area contributed by atoms with Crippen LogP contribution in [0.4, 0.5) is 0 Å². The minimum atomic E-state index is -0.443. The van der Waals surface area contributed by atoms with Crippen molar-refractivity contribution < 1.29 is 9.21 Å². The molecule has 1 N–H and O–H groups in total. The molecule has 1 amide bonds. The number of fused-ring (bicyclic) bond motifs is 3. The lowest BCUT2D eigenvalue weighted by atomic mass is 10.2. The van der Waals surface area contributed by atoms with E-state index in [1.165, 1.54) is 6.20 Å². The maximum Gasteiger partial charge on any atom is 0.347 e. The molecular weight excluding hydrogens is 320 g/mol. The number of carbonyl (C=O) groups excluding carboxylic acids is 1. The third-order valence-electron chi connectivity index (χ3n) is 4.34. The average Bonchev–Trinajstić information content (AvgIpc) is 3.03. The predicted octanol–water partition coefficient (Wildman–Crippen LogP) is 1.60. The van der Waals surface area contributed by atoms with Crippen molar-refractivity contribution in [1.82, 2.24) is 20.0 Å². The summed E-state index contributed by atoms with van der Waals surface area (Å²) in [6.45, 7) is 7.56. The fraction of sp³-hybridized carbons (Fsp3) is 0.389. The van der Waals surface area contributed by atoms with E-state index in [1.807, 2.05) is 12.1 Å². The van der Waals surface area contributed by atoms with E-state index in [9.17, 15) is 9.59 Å². The summed E-state index contributed by atoms with van der Waals surface area (Å²) in [4.78, 5) is 26.6. The molecule has 3 rings (SSSR count). The minimum Gasteiger partial charge on any atom is -0.422 e. The van der Waals surface area contributed by atoms with E-state index in [4.69, 9.17) is 4.42 Å². The van der Waals surface area contributed by atoms with Gasteiger partial charge >= 0.3 is 5.63 Å². The third kappa shape index (κ3) is 3.56. The Morgan fingerprint density at radius 2 is 2.00 bits per heavy atom. The summed E-state index contributed by atoms with van der Waals surface area (Å²) in [5, 5.41) is 8.26. The molecule has 7 heteroatoms. The summed E-state index contributed by atoms with van der Waals surface area (Å²) in [6.07, 6.45) is 1.46. The normalized spacial score (nSPS) is 11.5. The quantitative estimate of drug-likeness (QED) is 0.660. The first-order valence-corrected chi connectivity index (χ1v) is 8.50. The molecule has 0 unspecified atom stereocenters. The van der Waals surface area contributed by atoms with Gasteiger partial charge in [0.25, 0.3) is 0 Å². The highest BCUT2D eigenvalue weighted by Crippen LogP contribution is 2.22. The summed E-state index contributed by atoms with van der Waals surface area (Å²) in [7, 11) is 0. The molecule has 0 fully saturated rings. The zero-order valence-electron chi connectivity index (χ0n) is 14.5. The van der Waals surface area contributed by atoms with Gasteiger partial charge in [-0.25, -0.2) is 4.79 Å². The lowest BCUT2D eigenvalue weighted by Crippen LogP contribution is -2.36. The number of nitrogens with zero attached hydrogens (tertiary/aromatic N) is 3. The van der Waals surface area contributed by atoms with E-state index >= 15 is 0 Å². The summed E-state index contributed by atoms with van der Waals surface area (Å²) < 4.78 is 6.85. The van der Waals surface area contributed by atoms with E-state index in [0.29, 0.717) is 23.0 Å². The van der Waals surface area contributed by atoms with Crippen molar-refractivity contribution in [2.45, 2.75) is 20.4 Å². The van der Waals surface area contributed by atoms with Crippen molar-refractivity contribution in [2.75, 3.05) is 26.2 Å². The van der Waals surface area contributed by atoms with Crippen LogP contribution in [0.1, 0.15) is 13.8 Å². The van der Waals surface area contributed by atoms with E-state index in [1.54, 1.807) is 16.8 Å². The summed E-state index contributed by atoms with van der Waals surface area (Å²) in [5.41, 5.74) is 0.677. The fourth-order valence-electron chi connectivity index (χ4n) is 2.93. The van der Waals surface area contributed by atoms with Gasteiger partial charge in [0, 0.05) is 18.5 Å². The second kappa shape index (κ2) is 7.48. The second-order valence-electron chi connectivity index (χ2n) is 5.83. The van der Waals surface area contributed by atoms with Gasteiger partial charge in [-0.15, -0.1) is 0 Å². The first-order chi connectivity index (χ1) is 12.1. The largest absolute Gasteiger partial charge is 0.422 e. The molecule has 0 aliphatic rings. The zero-order chi connectivity index (χ0) is 17.8. The fourth-order valence-corrected chi connectivity index (χ4v) is 2.93. The molecule has 0 aliphatic carbocycles. The van der Waals surface area contributed by atoms with Crippen LogP contribution in [-0.2, 0) is 11.3 Å². The van der Waals surface area contributed by atoms with Gasteiger partial charge in [0.2, 0.25) is 5.91 Å². The lowest BCUT2D eigenvalue weighted by Gasteiger charge is -2.18. The molecule has 25 heavy (non-hydrogen) atoms. The SMILES string of the molecule is CCN(CC)CCNC(=O)Cn1ncc2c(=O)oc3ccccc3c21. The number of para-hydroxylation sites is 1. The summed E-state index contributed by atoms with van der Waals surface area (Å²) in [6, 6.07) is 7.26. The van der Waals surface area contributed by atoms with Gasteiger partial charge in [-0.05, 0) is 25.2 Å². The third-order valence-corrected chi connectivity index (χ3v) is 4.34. The maximum atomic E-state index is 12.2. The monoisotopic (exact) mass is 342 g/mol. The van der Waals surface area contributed by atoms with Crippen LogP contribution in [0.25, 0.3) is 21.9 Å². The van der Waals surface area contributed by atoms with Gasteiger partial charge in [0.05, 0.1) is 11.7 Å². The molecule has 0 saturated carbocycles. The van der Waals surface area contributed by atoms with E-state index < -0.39 is 5.63 Å². The van der Waals surface area contributed by atoms with Crippen molar-refractivity contribution in [3.63, 3.8) is 0 Å². The Morgan fingerprint density at radius 1 is 1.24 bits per heavy atom.